The summed E-state index contributed by atoms with van der Waals surface area (Å²) in [5.41, 5.74) is 2.98. The molecule has 150 valence electrons. The first-order valence-electron chi connectivity index (χ1n) is 9.98. The minimum atomic E-state index is -0.700. The summed E-state index contributed by atoms with van der Waals surface area (Å²) < 4.78 is 18.5. The predicted octanol–water partition coefficient (Wildman–Crippen LogP) is 4.39. The quantitative estimate of drug-likeness (QED) is 0.615. The topological polar surface area (TPSA) is 61.8 Å². The molecule has 5 rings (SSSR count). The van der Waals surface area contributed by atoms with Crippen LogP contribution in [-0.2, 0) is 15.9 Å². The van der Waals surface area contributed by atoms with E-state index >= 15 is 0 Å². The van der Waals surface area contributed by atoms with Crippen LogP contribution in [0.4, 0.5) is 0 Å². The van der Waals surface area contributed by atoms with Crippen molar-refractivity contribution in [3.05, 3.63) is 63.7 Å². The molecule has 0 amide bonds. The summed E-state index contributed by atoms with van der Waals surface area (Å²) in [4.78, 5) is 26.6. The van der Waals surface area contributed by atoms with Crippen molar-refractivity contribution < 1.29 is 23.8 Å². The number of ether oxygens (including phenoxy) is 3. The maximum atomic E-state index is 13.4. The second-order valence-corrected chi connectivity index (χ2v) is 9.41. The van der Waals surface area contributed by atoms with E-state index in [1.807, 2.05) is 34.6 Å². The fourth-order valence-corrected chi connectivity index (χ4v) is 4.69. The number of carbonyl (C=O) groups excluding carboxylic acids is 2. The Hall–Kier alpha value is -2.50. The second-order valence-electron chi connectivity index (χ2n) is 9.41. The molecule has 2 aliphatic carbocycles. The van der Waals surface area contributed by atoms with E-state index in [4.69, 9.17) is 14.2 Å². The average Bonchev–Trinajstić information content (AvgIpc) is 3.10. The molecule has 2 aromatic rings. The lowest BCUT2D eigenvalue weighted by Gasteiger charge is -2.28. The van der Waals surface area contributed by atoms with Crippen LogP contribution in [-0.4, -0.2) is 29.1 Å². The lowest BCUT2D eigenvalue weighted by Crippen LogP contribution is -2.27. The highest BCUT2D eigenvalue weighted by atomic mass is 16.8. The zero-order chi connectivity index (χ0) is 20.7. The highest BCUT2D eigenvalue weighted by Gasteiger charge is 2.51. The highest BCUT2D eigenvalue weighted by molar-refractivity contribution is 6.29. The van der Waals surface area contributed by atoms with Gasteiger partial charge in [0.2, 0.25) is 0 Å². The minimum absolute atomic E-state index is 0.118. The molecule has 2 aromatic carbocycles. The molecule has 2 atom stereocenters. The fourth-order valence-electron chi connectivity index (χ4n) is 4.69. The molecule has 0 N–H and O–H groups in total. The van der Waals surface area contributed by atoms with Gasteiger partial charge in [-0.1, -0.05) is 24.3 Å². The Bertz CT molecular complexity index is 1070. The van der Waals surface area contributed by atoms with Crippen molar-refractivity contribution in [1.29, 1.82) is 0 Å². The van der Waals surface area contributed by atoms with Gasteiger partial charge in [-0.05, 0) is 46.2 Å². The molecule has 1 fully saturated rings. The van der Waals surface area contributed by atoms with E-state index in [0.717, 1.165) is 11.1 Å². The van der Waals surface area contributed by atoms with Crippen LogP contribution in [0.25, 0.3) is 0 Å². The van der Waals surface area contributed by atoms with Crippen molar-refractivity contribution in [3.8, 4) is 5.75 Å². The first-order chi connectivity index (χ1) is 13.6. The van der Waals surface area contributed by atoms with Gasteiger partial charge in [0.05, 0.1) is 6.10 Å². The second kappa shape index (κ2) is 5.77. The third kappa shape index (κ3) is 2.75. The van der Waals surface area contributed by atoms with Crippen LogP contribution >= 0.6 is 0 Å². The Morgan fingerprint density at radius 2 is 1.66 bits per heavy atom. The third-order valence-electron chi connectivity index (χ3n) is 5.61. The predicted molar refractivity (Wildman–Crippen MR) is 107 cm³/mol. The molecule has 1 saturated heterocycles. The van der Waals surface area contributed by atoms with Crippen LogP contribution in [0.1, 0.15) is 83.7 Å². The van der Waals surface area contributed by atoms with Crippen LogP contribution in [0.5, 0.6) is 5.75 Å². The Morgan fingerprint density at radius 1 is 1.00 bits per heavy atom. The Kier molecular flexibility index (Phi) is 3.69. The number of fused-ring (bicyclic) bond motifs is 6. The number of benzene rings is 2. The van der Waals surface area contributed by atoms with Gasteiger partial charge in [0.15, 0.2) is 17.4 Å². The van der Waals surface area contributed by atoms with Gasteiger partial charge in [0.25, 0.3) is 0 Å². The van der Waals surface area contributed by atoms with Crippen molar-refractivity contribution in [2.75, 3.05) is 0 Å². The van der Waals surface area contributed by atoms with Gasteiger partial charge in [0, 0.05) is 34.2 Å². The normalized spacial score (nSPS) is 24.0. The maximum absolute atomic E-state index is 13.4. The molecule has 29 heavy (non-hydrogen) atoms. The van der Waals surface area contributed by atoms with E-state index in [2.05, 4.69) is 0 Å². The molecule has 0 aromatic heterocycles. The molecule has 1 heterocycles. The summed E-state index contributed by atoms with van der Waals surface area (Å²) in [6, 6.07) is 8.72. The van der Waals surface area contributed by atoms with Crippen molar-refractivity contribution in [1.82, 2.24) is 0 Å². The standard InChI is InChI=1S/C24H24O5/c1-23(2,3)27-16-11-15-18(21(26)13-9-7-6-8-12(13)20(15)25)14-10-17-22(19(14)16)29-24(4,5)28-17/h6-9,11,17,22H,10H2,1-5H3. The summed E-state index contributed by atoms with van der Waals surface area (Å²) >= 11 is 0. The number of ketones is 2. The molecule has 0 spiro atoms. The zero-order valence-electron chi connectivity index (χ0n) is 17.3. The van der Waals surface area contributed by atoms with E-state index in [0.29, 0.717) is 34.4 Å². The first kappa shape index (κ1) is 18.5. The Balaban J connectivity index is 1.75. The summed E-state index contributed by atoms with van der Waals surface area (Å²) in [6.45, 7) is 9.66. The summed E-state index contributed by atoms with van der Waals surface area (Å²) in [5, 5.41) is 0. The van der Waals surface area contributed by atoms with Crippen molar-refractivity contribution >= 4 is 11.6 Å². The van der Waals surface area contributed by atoms with Gasteiger partial charge in [-0.15, -0.1) is 0 Å². The molecule has 3 aliphatic rings. The van der Waals surface area contributed by atoms with Crippen LogP contribution in [0.2, 0.25) is 0 Å². The van der Waals surface area contributed by atoms with E-state index in [1.165, 1.54) is 0 Å². The molecule has 0 radical (unpaired) electrons. The molecule has 5 heteroatoms. The molecule has 5 nitrogen and oxygen atoms in total. The number of hydrogen-bond donors (Lipinski definition) is 0. The maximum Gasteiger partial charge on any atom is 0.194 e. The lowest BCUT2D eigenvalue weighted by molar-refractivity contribution is -0.148. The van der Waals surface area contributed by atoms with Gasteiger partial charge in [0.1, 0.15) is 17.5 Å². The van der Waals surface area contributed by atoms with E-state index in [-0.39, 0.29) is 23.8 Å². The highest BCUT2D eigenvalue weighted by Crippen LogP contribution is 2.52. The molecular formula is C24H24O5. The van der Waals surface area contributed by atoms with Crippen molar-refractivity contribution in [2.45, 2.75) is 64.6 Å². The number of rotatable bonds is 1. The smallest absolute Gasteiger partial charge is 0.194 e. The molecule has 0 bridgehead atoms. The SMILES string of the molecule is CC(C)(C)Oc1cc2c(c3c1C1OC(C)(C)OC1C3)C(=O)c1ccccc1C2=O. The van der Waals surface area contributed by atoms with Crippen LogP contribution < -0.4 is 4.74 Å². The molecule has 0 saturated carbocycles. The Labute approximate surface area is 170 Å². The first-order valence-corrected chi connectivity index (χ1v) is 9.98. The number of hydrogen-bond acceptors (Lipinski definition) is 5. The van der Waals surface area contributed by atoms with Crippen LogP contribution in [0.3, 0.4) is 0 Å². The molecule has 1 aliphatic heterocycles. The van der Waals surface area contributed by atoms with Gasteiger partial charge in [-0.3, -0.25) is 9.59 Å². The van der Waals surface area contributed by atoms with Crippen LogP contribution in [0.15, 0.2) is 30.3 Å². The monoisotopic (exact) mass is 392 g/mol. The fraction of sp³-hybridized carbons (Fsp3) is 0.417. The van der Waals surface area contributed by atoms with Gasteiger partial charge in [-0.25, -0.2) is 0 Å². The minimum Gasteiger partial charge on any atom is -0.488 e. The van der Waals surface area contributed by atoms with Gasteiger partial charge in [-0.2, -0.15) is 0 Å². The molecular weight excluding hydrogens is 368 g/mol. The summed E-state index contributed by atoms with van der Waals surface area (Å²) in [7, 11) is 0. The zero-order valence-corrected chi connectivity index (χ0v) is 17.3. The van der Waals surface area contributed by atoms with Crippen molar-refractivity contribution in [3.63, 3.8) is 0 Å². The average molecular weight is 392 g/mol. The van der Waals surface area contributed by atoms with Gasteiger partial charge >= 0.3 is 0 Å². The lowest BCUT2D eigenvalue weighted by atomic mass is 9.80. The van der Waals surface area contributed by atoms with Gasteiger partial charge < -0.3 is 14.2 Å². The molecule has 2 unspecified atom stereocenters. The van der Waals surface area contributed by atoms with E-state index in [9.17, 15) is 9.59 Å². The third-order valence-corrected chi connectivity index (χ3v) is 5.61. The summed E-state index contributed by atoms with van der Waals surface area (Å²) in [6.07, 6.45) is 0.00509. The number of carbonyl (C=O) groups is 2. The van der Waals surface area contributed by atoms with E-state index in [1.54, 1.807) is 30.3 Å². The van der Waals surface area contributed by atoms with Crippen LogP contribution in [0, 0.1) is 0 Å². The summed E-state index contributed by atoms with van der Waals surface area (Å²) in [5.74, 6) is -0.362. The Morgan fingerprint density at radius 3 is 2.31 bits per heavy atom. The van der Waals surface area contributed by atoms with E-state index < -0.39 is 11.4 Å². The largest absolute Gasteiger partial charge is 0.488 e. The van der Waals surface area contributed by atoms with Crippen molar-refractivity contribution in [2.24, 2.45) is 0 Å².